The number of fused-ring (bicyclic) bond motifs is 1. The molecule has 0 spiro atoms. The van der Waals surface area contributed by atoms with Gasteiger partial charge in [-0.05, 0) is 17.7 Å². The van der Waals surface area contributed by atoms with Crippen molar-refractivity contribution in [1.82, 2.24) is 4.98 Å². The molecule has 1 heterocycles. The van der Waals surface area contributed by atoms with E-state index in [4.69, 9.17) is 5.90 Å². The third kappa shape index (κ3) is 2.01. The van der Waals surface area contributed by atoms with Crippen LogP contribution in [-0.4, -0.2) is 4.98 Å². The summed E-state index contributed by atoms with van der Waals surface area (Å²) in [7, 11) is 0. The normalized spacial score (nSPS) is 9.79. The number of para-hydroxylation sites is 1. The van der Waals surface area contributed by atoms with Crippen molar-refractivity contribution in [2.45, 2.75) is 6.61 Å². The zero-order valence-corrected chi connectivity index (χ0v) is 8.33. The number of nitrogens with zero attached hydrogens (tertiary/aromatic N) is 1. The molecule has 0 aliphatic rings. The lowest BCUT2D eigenvalue weighted by atomic mass is 10.1. The van der Waals surface area contributed by atoms with Crippen LogP contribution in [0.3, 0.4) is 0 Å². The maximum atomic E-state index is 5.03. The van der Waals surface area contributed by atoms with E-state index in [0.29, 0.717) is 6.61 Å². The lowest BCUT2D eigenvalue weighted by molar-refractivity contribution is 0.125. The van der Waals surface area contributed by atoms with Gasteiger partial charge in [-0.3, -0.25) is 9.82 Å². The highest BCUT2D eigenvalue weighted by Crippen LogP contribution is 2.15. The molecule has 14 heavy (non-hydrogen) atoms. The van der Waals surface area contributed by atoms with Crippen molar-refractivity contribution in [3.8, 4) is 0 Å². The fraction of sp³-hybridized carbons (Fsp3) is 0.100. The molecule has 0 aliphatic carbocycles. The molecule has 3 nitrogen and oxygen atoms in total. The van der Waals surface area contributed by atoms with E-state index in [1.165, 1.54) is 0 Å². The molecule has 74 valence electrons. The maximum absolute atomic E-state index is 5.03. The summed E-state index contributed by atoms with van der Waals surface area (Å²) in [5.74, 6) is 5.03. The monoisotopic (exact) mass is 210 g/mol. The molecule has 2 aromatic rings. The van der Waals surface area contributed by atoms with Gasteiger partial charge >= 0.3 is 0 Å². The Morgan fingerprint density at radius 1 is 1.21 bits per heavy atom. The van der Waals surface area contributed by atoms with E-state index >= 15 is 0 Å². The Morgan fingerprint density at radius 3 is 2.79 bits per heavy atom. The Morgan fingerprint density at radius 2 is 2.00 bits per heavy atom. The van der Waals surface area contributed by atoms with Gasteiger partial charge in [-0.2, -0.15) is 0 Å². The molecule has 1 aromatic carbocycles. The van der Waals surface area contributed by atoms with Crippen molar-refractivity contribution in [3.63, 3.8) is 0 Å². The Kier molecular flexibility index (Phi) is 3.83. The summed E-state index contributed by atoms with van der Waals surface area (Å²) in [6.45, 7) is 0.420. The molecule has 0 saturated carbocycles. The lowest BCUT2D eigenvalue weighted by Gasteiger charge is -2.03. The summed E-state index contributed by atoms with van der Waals surface area (Å²) in [4.78, 5) is 8.84. The summed E-state index contributed by atoms with van der Waals surface area (Å²) in [6, 6.07) is 9.83. The quantitative estimate of drug-likeness (QED) is 0.772. The first-order valence-electron chi connectivity index (χ1n) is 4.06. The van der Waals surface area contributed by atoms with Crippen LogP contribution in [0.15, 0.2) is 36.5 Å². The summed E-state index contributed by atoms with van der Waals surface area (Å²) < 4.78 is 0. The molecule has 2 rings (SSSR count). The number of halogens is 1. The highest BCUT2D eigenvalue weighted by atomic mass is 35.5. The van der Waals surface area contributed by atoms with Crippen LogP contribution in [0.5, 0.6) is 0 Å². The van der Waals surface area contributed by atoms with Crippen LogP contribution in [0.4, 0.5) is 0 Å². The average molecular weight is 211 g/mol. The molecule has 4 heteroatoms. The third-order valence-electron chi connectivity index (χ3n) is 1.98. The molecule has 0 saturated heterocycles. The van der Waals surface area contributed by atoms with Crippen molar-refractivity contribution in [3.05, 3.63) is 42.1 Å². The minimum Gasteiger partial charge on any atom is -0.300 e. The first-order valence-corrected chi connectivity index (χ1v) is 4.06. The Labute approximate surface area is 88.3 Å². The summed E-state index contributed by atoms with van der Waals surface area (Å²) in [6.07, 6.45) is 1.76. The average Bonchev–Trinajstić information content (AvgIpc) is 2.19. The van der Waals surface area contributed by atoms with Crippen molar-refractivity contribution >= 4 is 23.3 Å². The molecular weight excluding hydrogens is 200 g/mol. The van der Waals surface area contributed by atoms with Gasteiger partial charge < -0.3 is 0 Å². The first-order chi connectivity index (χ1) is 6.42. The number of aromatic nitrogens is 1. The van der Waals surface area contributed by atoms with Gasteiger partial charge in [-0.1, -0.05) is 18.2 Å². The zero-order valence-electron chi connectivity index (χ0n) is 7.51. The summed E-state index contributed by atoms with van der Waals surface area (Å²) >= 11 is 0. The third-order valence-corrected chi connectivity index (χ3v) is 1.98. The van der Waals surface area contributed by atoms with E-state index in [9.17, 15) is 0 Å². The number of benzene rings is 1. The largest absolute Gasteiger partial charge is 0.300 e. The highest BCUT2D eigenvalue weighted by molar-refractivity contribution is 5.85. The molecule has 0 fully saturated rings. The highest BCUT2D eigenvalue weighted by Gasteiger charge is 1.99. The van der Waals surface area contributed by atoms with Crippen LogP contribution in [0.2, 0.25) is 0 Å². The van der Waals surface area contributed by atoms with Crippen molar-refractivity contribution in [2.75, 3.05) is 0 Å². The second-order valence-corrected chi connectivity index (χ2v) is 2.80. The SMILES string of the molecule is Cl.NOCc1ccnc2ccccc12. The molecule has 0 aliphatic heterocycles. The summed E-state index contributed by atoms with van der Waals surface area (Å²) in [5, 5.41) is 1.09. The van der Waals surface area contributed by atoms with Gasteiger partial charge in [0.2, 0.25) is 0 Å². The number of hydrogen-bond acceptors (Lipinski definition) is 3. The molecule has 0 unspecified atom stereocenters. The standard InChI is InChI=1S/C10H10N2O.ClH/c11-13-7-8-5-6-12-10-4-2-1-3-9(8)10;/h1-6H,7,11H2;1H. The topological polar surface area (TPSA) is 48.1 Å². The van der Waals surface area contributed by atoms with E-state index in [1.807, 2.05) is 30.3 Å². The van der Waals surface area contributed by atoms with Gasteiger partial charge in [0.25, 0.3) is 0 Å². The second kappa shape index (κ2) is 4.91. The van der Waals surface area contributed by atoms with Gasteiger partial charge in [0.05, 0.1) is 12.1 Å². The predicted molar refractivity (Wildman–Crippen MR) is 58.0 cm³/mol. The Bertz CT molecular complexity index is 414. The van der Waals surface area contributed by atoms with E-state index in [1.54, 1.807) is 6.20 Å². The van der Waals surface area contributed by atoms with Crippen molar-refractivity contribution in [2.24, 2.45) is 5.90 Å². The van der Waals surface area contributed by atoms with Gasteiger partial charge in [0.15, 0.2) is 0 Å². The summed E-state index contributed by atoms with van der Waals surface area (Å²) in [5.41, 5.74) is 2.03. The molecule has 2 N–H and O–H groups in total. The zero-order chi connectivity index (χ0) is 9.10. The number of hydrogen-bond donors (Lipinski definition) is 1. The van der Waals surface area contributed by atoms with E-state index in [2.05, 4.69) is 9.82 Å². The van der Waals surface area contributed by atoms with Gasteiger partial charge in [-0.25, -0.2) is 5.90 Å². The van der Waals surface area contributed by atoms with E-state index in [0.717, 1.165) is 16.5 Å². The fourth-order valence-corrected chi connectivity index (χ4v) is 1.37. The van der Waals surface area contributed by atoms with Crippen LogP contribution < -0.4 is 5.90 Å². The van der Waals surface area contributed by atoms with Gasteiger partial charge in [-0.15, -0.1) is 12.4 Å². The van der Waals surface area contributed by atoms with Crippen LogP contribution in [-0.2, 0) is 11.4 Å². The molecule has 1 aromatic heterocycles. The molecule has 0 bridgehead atoms. The Hall–Kier alpha value is -1.16. The van der Waals surface area contributed by atoms with E-state index < -0.39 is 0 Å². The smallest absolute Gasteiger partial charge is 0.0937 e. The van der Waals surface area contributed by atoms with Gasteiger partial charge in [0.1, 0.15) is 0 Å². The van der Waals surface area contributed by atoms with Crippen molar-refractivity contribution in [1.29, 1.82) is 0 Å². The van der Waals surface area contributed by atoms with E-state index in [-0.39, 0.29) is 12.4 Å². The molecule has 0 amide bonds. The van der Waals surface area contributed by atoms with Crippen LogP contribution in [0, 0.1) is 0 Å². The number of pyridine rings is 1. The van der Waals surface area contributed by atoms with Crippen LogP contribution >= 0.6 is 12.4 Å². The predicted octanol–water partition coefficient (Wildman–Crippen LogP) is 2.05. The molecular formula is C10H11ClN2O. The molecule has 0 radical (unpaired) electrons. The van der Waals surface area contributed by atoms with Crippen LogP contribution in [0.1, 0.15) is 5.56 Å². The van der Waals surface area contributed by atoms with Gasteiger partial charge in [0, 0.05) is 11.6 Å². The maximum Gasteiger partial charge on any atom is 0.0937 e. The minimum absolute atomic E-state index is 0. The van der Waals surface area contributed by atoms with Crippen LogP contribution in [0.25, 0.3) is 10.9 Å². The van der Waals surface area contributed by atoms with Crippen molar-refractivity contribution < 1.29 is 4.84 Å². The fourth-order valence-electron chi connectivity index (χ4n) is 1.37. The number of nitrogens with two attached hydrogens (primary N) is 1. The number of rotatable bonds is 2. The Balaban J connectivity index is 0.000000980. The minimum atomic E-state index is 0. The first kappa shape index (κ1) is 10.9. The lowest BCUT2D eigenvalue weighted by Crippen LogP contribution is -1.99. The molecule has 0 atom stereocenters. The second-order valence-electron chi connectivity index (χ2n) is 2.80.